The fourth-order valence-corrected chi connectivity index (χ4v) is 2.86. The predicted molar refractivity (Wildman–Crippen MR) is 99.4 cm³/mol. The highest BCUT2D eigenvalue weighted by Gasteiger charge is 2.16. The Kier molecular flexibility index (Phi) is 4.68. The highest BCUT2D eigenvalue weighted by Crippen LogP contribution is 2.25. The summed E-state index contributed by atoms with van der Waals surface area (Å²) in [5, 5.41) is 23.2. The van der Waals surface area contributed by atoms with Crippen LogP contribution in [0, 0.1) is 28.4 Å². The van der Waals surface area contributed by atoms with E-state index in [0.29, 0.717) is 22.2 Å². The molecule has 0 aliphatic carbocycles. The highest BCUT2D eigenvalue weighted by atomic mass is 16.6. The SMILES string of the molecule is Cc1c(NC(=O)Cn2cc(C#N)c(=O)c3ccccc32)cccc1[N+](=O)[O-]. The lowest BCUT2D eigenvalue weighted by Crippen LogP contribution is -2.22. The Labute approximate surface area is 153 Å². The molecule has 1 N–H and O–H groups in total. The average molecular weight is 362 g/mol. The van der Waals surface area contributed by atoms with Crippen LogP contribution in [0.3, 0.4) is 0 Å². The summed E-state index contributed by atoms with van der Waals surface area (Å²) in [6, 6.07) is 13.0. The van der Waals surface area contributed by atoms with Crippen LogP contribution in [-0.2, 0) is 11.3 Å². The van der Waals surface area contributed by atoms with Gasteiger partial charge in [0.25, 0.3) is 5.69 Å². The Morgan fingerprint density at radius 3 is 2.70 bits per heavy atom. The number of rotatable bonds is 4. The Morgan fingerprint density at radius 1 is 1.26 bits per heavy atom. The quantitative estimate of drug-likeness (QED) is 0.565. The molecule has 27 heavy (non-hydrogen) atoms. The van der Waals surface area contributed by atoms with Gasteiger partial charge in [-0.2, -0.15) is 5.26 Å². The lowest BCUT2D eigenvalue weighted by Gasteiger charge is -2.13. The van der Waals surface area contributed by atoms with Gasteiger partial charge in [0.15, 0.2) is 0 Å². The van der Waals surface area contributed by atoms with Crippen LogP contribution < -0.4 is 10.7 Å². The zero-order valence-corrected chi connectivity index (χ0v) is 14.3. The number of anilines is 1. The van der Waals surface area contributed by atoms with E-state index < -0.39 is 10.8 Å². The fraction of sp³-hybridized carbons (Fsp3) is 0.105. The lowest BCUT2D eigenvalue weighted by molar-refractivity contribution is -0.385. The number of nitrogens with one attached hydrogen (secondary N) is 1. The fourth-order valence-electron chi connectivity index (χ4n) is 2.86. The molecule has 2 aromatic carbocycles. The van der Waals surface area contributed by atoms with Crippen LogP contribution in [0.1, 0.15) is 11.1 Å². The van der Waals surface area contributed by atoms with Crippen LogP contribution >= 0.6 is 0 Å². The molecule has 3 aromatic rings. The first-order valence-corrected chi connectivity index (χ1v) is 7.98. The van der Waals surface area contributed by atoms with E-state index in [0.717, 1.165) is 0 Å². The number of hydrogen-bond acceptors (Lipinski definition) is 5. The first-order valence-electron chi connectivity index (χ1n) is 7.98. The largest absolute Gasteiger partial charge is 0.336 e. The van der Waals surface area contributed by atoms with E-state index in [1.165, 1.54) is 22.9 Å². The molecule has 0 unspecified atom stereocenters. The molecule has 0 aliphatic heterocycles. The van der Waals surface area contributed by atoms with E-state index in [4.69, 9.17) is 5.26 Å². The third-order valence-electron chi connectivity index (χ3n) is 4.20. The van der Waals surface area contributed by atoms with Gasteiger partial charge in [0.05, 0.1) is 21.7 Å². The van der Waals surface area contributed by atoms with Gasteiger partial charge in [0.1, 0.15) is 18.2 Å². The molecular formula is C19H14N4O4. The molecule has 0 atom stereocenters. The molecule has 0 bridgehead atoms. The predicted octanol–water partition coefficient (Wildman–Crippen LogP) is 2.73. The number of amides is 1. The molecule has 8 nitrogen and oxygen atoms in total. The monoisotopic (exact) mass is 362 g/mol. The molecule has 0 radical (unpaired) electrons. The molecule has 8 heteroatoms. The second-order valence-electron chi connectivity index (χ2n) is 5.88. The zero-order valence-electron chi connectivity index (χ0n) is 14.3. The maximum absolute atomic E-state index is 12.5. The van der Waals surface area contributed by atoms with Crippen molar-refractivity contribution in [2.45, 2.75) is 13.5 Å². The number of nitriles is 1. The Balaban J connectivity index is 1.95. The smallest absolute Gasteiger partial charge is 0.274 e. The van der Waals surface area contributed by atoms with Gasteiger partial charge in [-0.15, -0.1) is 0 Å². The van der Waals surface area contributed by atoms with Gasteiger partial charge < -0.3 is 9.88 Å². The third kappa shape index (κ3) is 3.39. The van der Waals surface area contributed by atoms with Crippen LogP contribution in [0.5, 0.6) is 0 Å². The summed E-state index contributed by atoms with van der Waals surface area (Å²) in [5.74, 6) is -0.434. The summed E-state index contributed by atoms with van der Waals surface area (Å²) < 4.78 is 1.51. The number of benzene rings is 2. The van der Waals surface area contributed by atoms with Gasteiger partial charge in [0.2, 0.25) is 11.3 Å². The first-order chi connectivity index (χ1) is 12.9. The molecule has 0 saturated carbocycles. The number of nitro benzene ring substituents is 1. The van der Waals surface area contributed by atoms with Gasteiger partial charge in [-0.25, -0.2) is 0 Å². The summed E-state index contributed by atoms with van der Waals surface area (Å²) in [6.07, 6.45) is 1.34. The number of carbonyl (C=O) groups excluding carboxylic acids is 1. The van der Waals surface area contributed by atoms with Gasteiger partial charge in [0, 0.05) is 17.6 Å². The van der Waals surface area contributed by atoms with Gasteiger partial charge in [-0.3, -0.25) is 19.7 Å². The van der Waals surface area contributed by atoms with Crippen molar-refractivity contribution >= 4 is 28.2 Å². The highest BCUT2D eigenvalue weighted by molar-refractivity contribution is 5.93. The Hall–Kier alpha value is -3.99. The molecular weight excluding hydrogens is 348 g/mol. The standard InChI is InChI=1S/C19H14N4O4/c1-12-15(6-4-8-16(12)23(26)27)21-18(24)11-22-10-13(9-20)19(25)14-5-2-3-7-17(14)22/h2-8,10H,11H2,1H3,(H,21,24). The molecule has 134 valence electrons. The van der Waals surface area contributed by atoms with Gasteiger partial charge in [-0.1, -0.05) is 18.2 Å². The maximum atomic E-state index is 12.5. The molecule has 0 fully saturated rings. The Morgan fingerprint density at radius 2 is 2.00 bits per heavy atom. The molecule has 1 amide bonds. The third-order valence-corrected chi connectivity index (χ3v) is 4.20. The number of aromatic nitrogens is 1. The molecule has 0 saturated heterocycles. The summed E-state index contributed by atoms with van der Waals surface area (Å²) in [5.41, 5.74) is 0.659. The van der Waals surface area contributed by atoms with Crippen LogP contribution in [0.15, 0.2) is 53.5 Å². The molecule has 1 aromatic heterocycles. The van der Waals surface area contributed by atoms with Crippen LogP contribution in [0.4, 0.5) is 11.4 Å². The van der Waals surface area contributed by atoms with Gasteiger partial charge >= 0.3 is 0 Å². The lowest BCUT2D eigenvalue weighted by atomic mass is 10.1. The second-order valence-corrected chi connectivity index (χ2v) is 5.88. The normalized spacial score (nSPS) is 10.4. The minimum Gasteiger partial charge on any atom is -0.336 e. The molecule has 0 spiro atoms. The maximum Gasteiger partial charge on any atom is 0.274 e. The zero-order chi connectivity index (χ0) is 19.6. The summed E-state index contributed by atoms with van der Waals surface area (Å²) in [4.78, 5) is 35.2. The van der Waals surface area contributed by atoms with E-state index in [9.17, 15) is 19.7 Å². The minimum absolute atomic E-state index is 0.0620. The number of nitro groups is 1. The number of nitrogens with zero attached hydrogens (tertiary/aromatic N) is 3. The number of para-hydroxylation sites is 1. The van der Waals surface area contributed by atoms with Crippen molar-refractivity contribution in [3.05, 3.63) is 80.1 Å². The number of fused-ring (bicyclic) bond motifs is 1. The first kappa shape index (κ1) is 17.8. The number of hydrogen-bond donors (Lipinski definition) is 1. The van der Waals surface area contributed by atoms with Crippen LogP contribution in [0.2, 0.25) is 0 Å². The van der Waals surface area contributed by atoms with Crippen molar-refractivity contribution < 1.29 is 9.72 Å². The Bertz CT molecular complexity index is 1170. The van der Waals surface area contributed by atoms with E-state index in [1.807, 2.05) is 6.07 Å². The van der Waals surface area contributed by atoms with E-state index in [2.05, 4.69) is 5.32 Å². The van der Waals surface area contributed by atoms with Crippen molar-refractivity contribution in [3.63, 3.8) is 0 Å². The molecule has 3 rings (SSSR count). The molecule has 1 heterocycles. The van der Waals surface area contributed by atoms with Crippen molar-refractivity contribution in [1.29, 1.82) is 5.26 Å². The van der Waals surface area contributed by atoms with E-state index in [-0.39, 0.29) is 23.2 Å². The number of pyridine rings is 1. The topological polar surface area (TPSA) is 118 Å². The number of carbonyl (C=O) groups is 1. The summed E-state index contributed by atoms with van der Waals surface area (Å²) in [7, 11) is 0. The minimum atomic E-state index is -0.514. The summed E-state index contributed by atoms with van der Waals surface area (Å²) in [6.45, 7) is 1.40. The van der Waals surface area contributed by atoms with Crippen LogP contribution in [0.25, 0.3) is 10.9 Å². The van der Waals surface area contributed by atoms with Crippen molar-refractivity contribution in [2.24, 2.45) is 0 Å². The van der Waals surface area contributed by atoms with E-state index >= 15 is 0 Å². The van der Waals surface area contributed by atoms with Crippen molar-refractivity contribution in [3.8, 4) is 6.07 Å². The molecule has 0 aliphatic rings. The summed E-state index contributed by atoms with van der Waals surface area (Å²) >= 11 is 0. The van der Waals surface area contributed by atoms with Gasteiger partial charge in [-0.05, 0) is 25.1 Å². The average Bonchev–Trinajstić information content (AvgIpc) is 2.65. The second kappa shape index (κ2) is 7.09. The van der Waals surface area contributed by atoms with Crippen molar-refractivity contribution in [2.75, 3.05) is 5.32 Å². The van der Waals surface area contributed by atoms with Crippen molar-refractivity contribution in [1.82, 2.24) is 4.57 Å². The van der Waals surface area contributed by atoms with Crippen LogP contribution in [-0.4, -0.2) is 15.4 Å². The van der Waals surface area contributed by atoms with E-state index in [1.54, 1.807) is 37.3 Å².